The van der Waals surface area contributed by atoms with Gasteiger partial charge in [0, 0.05) is 43.6 Å². The Kier molecular flexibility index (Phi) is 5.30. The average Bonchev–Trinajstić information content (AvgIpc) is 2.61. The molecule has 1 aliphatic rings. The van der Waals surface area contributed by atoms with Crippen molar-refractivity contribution in [2.75, 3.05) is 36.4 Å². The number of benzene rings is 2. The van der Waals surface area contributed by atoms with Crippen LogP contribution in [-0.4, -0.2) is 37.1 Å². The standard InChI is InChI=1S/C17H15Cl2F2N3O/c18-13-3-1-11(9-14(13)19)22-17(25)24-7-5-23(6-8-24)12-2-4-15(20)16(21)10-12/h1-4,9-10H,5-8H2,(H,22,25). The Morgan fingerprint density at radius 3 is 2.28 bits per heavy atom. The molecule has 0 aromatic heterocycles. The molecule has 0 unspecified atom stereocenters. The molecule has 1 saturated heterocycles. The van der Waals surface area contributed by atoms with E-state index in [1.165, 1.54) is 12.1 Å². The summed E-state index contributed by atoms with van der Waals surface area (Å²) >= 11 is 11.8. The first-order chi connectivity index (χ1) is 11.9. The van der Waals surface area contributed by atoms with Gasteiger partial charge in [-0.15, -0.1) is 0 Å². The lowest BCUT2D eigenvalue weighted by molar-refractivity contribution is 0.208. The van der Waals surface area contributed by atoms with E-state index in [0.717, 1.165) is 6.07 Å². The maximum absolute atomic E-state index is 13.3. The highest BCUT2D eigenvalue weighted by Gasteiger charge is 2.22. The van der Waals surface area contributed by atoms with E-state index in [1.54, 1.807) is 23.1 Å². The third-order valence-electron chi connectivity index (χ3n) is 4.01. The van der Waals surface area contributed by atoms with Crippen molar-refractivity contribution in [3.05, 3.63) is 58.1 Å². The Balaban J connectivity index is 1.58. The number of hydrogen-bond donors (Lipinski definition) is 1. The molecular weight excluding hydrogens is 371 g/mol. The predicted molar refractivity (Wildman–Crippen MR) is 95.6 cm³/mol. The first-order valence-corrected chi connectivity index (χ1v) is 8.40. The molecule has 0 radical (unpaired) electrons. The molecule has 2 amide bonds. The van der Waals surface area contributed by atoms with E-state index in [-0.39, 0.29) is 6.03 Å². The summed E-state index contributed by atoms with van der Waals surface area (Å²) in [6.45, 7) is 1.98. The normalized spacial score (nSPS) is 14.6. The van der Waals surface area contributed by atoms with E-state index in [2.05, 4.69) is 5.32 Å². The summed E-state index contributed by atoms with van der Waals surface area (Å²) in [5.74, 6) is -1.75. The van der Waals surface area contributed by atoms with Gasteiger partial charge in [-0.3, -0.25) is 0 Å². The number of nitrogens with one attached hydrogen (secondary N) is 1. The van der Waals surface area contributed by atoms with Crippen LogP contribution in [0.3, 0.4) is 0 Å². The van der Waals surface area contributed by atoms with Gasteiger partial charge in [0.25, 0.3) is 0 Å². The summed E-state index contributed by atoms with van der Waals surface area (Å²) in [7, 11) is 0. The molecule has 3 rings (SSSR count). The molecular formula is C17H15Cl2F2N3O. The molecule has 1 aliphatic heterocycles. The van der Waals surface area contributed by atoms with Crippen LogP contribution in [0.4, 0.5) is 25.0 Å². The van der Waals surface area contributed by atoms with Crippen LogP contribution < -0.4 is 10.2 Å². The van der Waals surface area contributed by atoms with Gasteiger partial charge in [-0.05, 0) is 30.3 Å². The Labute approximate surface area is 153 Å². The van der Waals surface area contributed by atoms with E-state index in [4.69, 9.17) is 23.2 Å². The molecule has 2 aromatic carbocycles. The summed E-state index contributed by atoms with van der Waals surface area (Å²) in [5.41, 5.74) is 1.16. The minimum atomic E-state index is -0.878. The van der Waals surface area contributed by atoms with Gasteiger partial charge in [-0.2, -0.15) is 0 Å². The van der Waals surface area contributed by atoms with E-state index in [1.807, 2.05) is 4.90 Å². The monoisotopic (exact) mass is 385 g/mol. The van der Waals surface area contributed by atoms with Crippen molar-refractivity contribution in [3.8, 4) is 0 Å². The Bertz CT molecular complexity index is 795. The summed E-state index contributed by atoms with van der Waals surface area (Å²) < 4.78 is 26.4. The van der Waals surface area contributed by atoms with Gasteiger partial charge in [0.1, 0.15) is 0 Å². The second-order valence-electron chi connectivity index (χ2n) is 5.63. The number of rotatable bonds is 2. The number of hydrogen-bond acceptors (Lipinski definition) is 2. The smallest absolute Gasteiger partial charge is 0.321 e. The van der Waals surface area contributed by atoms with Crippen LogP contribution in [0.25, 0.3) is 0 Å². The van der Waals surface area contributed by atoms with Gasteiger partial charge in [0.15, 0.2) is 11.6 Å². The van der Waals surface area contributed by atoms with Crippen LogP contribution >= 0.6 is 23.2 Å². The predicted octanol–water partition coefficient (Wildman–Crippen LogP) is 4.63. The molecule has 0 bridgehead atoms. The lowest BCUT2D eigenvalue weighted by Gasteiger charge is -2.36. The van der Waals surface area contributed by atoms with Crippen LogP contribution in [0.15, 0.2) is 36.4 Å². The number of halogens is 4. The molecule has 1 heterocycles. The number of nitrogens with zero attached hydrogens (tertiary/aromatic N) is 2. The molecule has 0 aliphatic carbocycles. The molecule has 132 valence electrons. The number of carbonyl (C=O) groups is 1. The average molecular weight is 386 g/mol. The summed E-state index contributed by atoms with van der Waals surface area (Å²) in [4.78, 5) is 15.9. The SMILES string of the molecule is O=C(Nc1ccc(Cl)c(Cl)c1)N1CCN(c2ccc(F)c(F)c2)CC1. The quantitative estimate of drug-likeness (QED) is 0.817. The van der Waals surface area contributed by atoms with E-state index in [0.29, 0.717) is 47.6 Å². The zero-order valence-electron chi connectivity index (χ0n) is 13.1. The minimum absolute atomic E-state index is 0.247. The molecule has 0 saturated carbocycles. The lowest BCUT2D eigenvalue weighted by Crippen LogP contribution is -2.50. The van der Waals surface area contributed by atoms with Gasteiger partial charge in [0.05, 0.1) is 10.0 Å². The topological polar surface area (TPSA) is 35.6 Å². The van der Waals surface area contributed by atoms with Crippen LogP contribution in [0.2, 0.25) is 10.0 Å². The van der Waals surface area contributed by atoms with E-state index < -0.39 is 11.6 Å². The molecule has 0 atom stereocenters. The van der Waals surface area contributed by atoms with Crippen molar-refractivity contribution in [1.29, 1.82) is 0 Å². The summed E-state index contributed by atoms with van der Waals surface area (Å²) in [5, 5.41) is 3.55. The van der Waals surface area contributed by atoms with Crippen molar-refractivity contribution >= 4 is 40.6 Å². The zero-order valence-corrected chi connectivity index (χ0v) is 14.6. The summed E-state index contributed by atoms with van der Waals surface area (Å²) in [6.07, 6.45) is 0. The van der Waals surface area contributed by atoms with Crippen molar-refractivity contribution in [3.63, 3.8) is 0 Å². The lowest BCUT2D eigenvalue weighted by atomic mass is 10.2. The van der Waals surface area contributed by atoms with Crippen molar-refractivity contribution < 1.29 is 13.6 Å². The molecule has 1 N–H and O–H groups in total. The molecule has 8 heteroatoms. The van der Waals surface area contributed by atoms with Crippen molar-refractivity contribution in [2.24, 2.45) is 0 Å². The highest BCUT2D eigenvalue weighted by Crippen LogP contribution is 2.25. The molecule has 2 aromatic rings. The fourth-order valence-electron chi connectivity index (χ4n) is 2.63. The fraction of sp³-hybridized carbons (Fsp3) is 0.235. The van der Waals surface area contributed by atoms with E-state index >= 15 is 0 Å². The second kappa shape index (κ2) is 7.45. The highest BCUT2D eigenvalue weighted by molar-refractivity contribution is 6.42. The van der Waals surface area contributed by atoms with Gasteiger partial charge in [-0.1, -0.05) is 23.2 Å². The summed E-state index contributed by atoms with van der Waals surface area (Å²) in [6, 6.07) is 8.42. The maximum Gasteiger partial charge on any atom is 0.321 e. The van der Waals surface area contributed by atoms with Gasteiger partial charge >= 0.3 is 6.03 Å². The van der Waals surface area contributed by atoms with Gasteiger partial charge < -0.3 is 15.1 Å². The van der Waals surface area contributed by atoms with Crippen LogP contribution in [0.5, 0.6) is 0 Å². The second-order valence-corrected chi connectivity index (χ2v) is 6.45. The first kappa shape index (κ1) is 17.8. The minimum Gasteiger partial charge on any atom is -0.368 e. The zero-order chi connectivity index (χ0) is 18.0. The van der Waals surface area contributed by atoms with Crippen LogP contribution in [0.1, 0.15) is 0 Å². The number of amides is 2. The molecule has 0 spiro atoms. The number of anilines is 2. The maximum atomic E-state index is 13.3. The first-order valence-electron chi connectivity index (χ1n) is 7.65. The Morgan fingerprint density at radius 2 is 1.64 bits per heavy atom. The Hall–Kier alpha value is -2.05. The number of carbonyl (C=O) groups excluding carboxylic acids is 1. The largest absolute Gasteiger partial charge is 0.368 e. The third kappa shape index (κ3) is 4.14. The van der Waals surface area contributed by atoms with Crippen molar-refractivity contribution in [2.45, 2.75) is 0 Å². The van der Waals surface area contributed by atoms with Crippen LogP contribution in [0, 0.1) is 11.6 Å². The van der Waals surface area contributed by atoms with Crippen molar-refractivity contribution in [1.82, 2.24) is 4.90 Å². The van der Waals surface area contributed by atoms with Crippen LogP contribution in [-0.2, 0) is 0 Å². The fourth-order valence-corrected chi connectivity index (χ4v) is 2.92. The number of piperazine rings is 1. The molecule has 1 fully saturated rings. The third-order valence-corrected chi connectivity index (χ3v) is 4.75. The van der Waals surface area contributed by atoms with E-state index in [9.17, 15) is 13.6 Å². The van der Waals surface area contributed by atoms with Gasteiger partial charge in [-0.25, -0.2) is 13.6 Å². The Morgan fingerprint density at radius 1 is 0.920 bits per heavy atom. The molecule has 4 nitrogen and oxygen atoms in total. The number of urea groups is 1. The van der Waals surface area contributed by atoms with Gasteiger partial charge in [0.2, 0.25) is 0 Å². The molecule has 25 heavy (non-hydrogen) atoms. The highest BCUT2D eigenvalue weighted by atomic mass is 35.5.